The van der Waals surface area contributed by atoms with Crippen LogP contribution >= 0.6 is 11.6 Å². The molecule has 1 saturated heterocycles. The van der Waals surface area contributed by atoms with Crippen molar-refractivity contribution in [2.24, 2.45) is 0 Å². The van der Waals surface area contributed by atoms with E-state index in [1.54, 1.807) is 29.7 Å². The molecule has 9 heteroatoms. The number of nitrogens with one attached hydrogen (secondary N) is 1. The van der Waals surface area contributed by atoms with Crippen LogP contribution in [-0.2, 0) is 11.3 Å². The average molecular weight is 464 g/mol. The molecule has 8 nitrogen and oxygen atoms in total. The number of rotatable bonds is 6. The van der Waals surface area contributed by atoms with Crippen molar-refractivity contribution in [2.45, 2.75) is 52.3 Å². The highest BCUT2D eigenvalue weighted by Gasteiger charge is 2.23. The minimum absolute atomic E-state index is 0.188. The monoisotopic (exact) mass is 463 g/mol. The van der Waals surface area contributed by atoms with E-state index in [2.05, 4.69) is 22.2 Å². The predicted molar refractivity (Wildman–Crippen MR) is 127 cm³/mol. The lowest BCUT2D eigenvalue weighted by molar-refractivity contribution is 0.0504. The molecule has 1 atom stereocenters. The molecule has 3 rings (SSSR count). The van der Waals surface area contributed by atoms with Crippen molar-refractivity contribution in [1.82, 2.24) is 24.7 Å². The van der Waals surface area contributed by atoms with E-state index in [-0.39, 0.29) is 5.56 Å². The summed E-state index contributed by atoms with van der Waals surface area (Å²) in [4.78, 5) is 35.2. The van der Waals surface area contributed by atoms with Gasteiger partial charge in [0.25, 0.3) is 5.56 Å². The molecule has 1 fully saturated rings. The summed E-state index contributed by atoms with van der Waals surface area (Å²) in [5, 5.41) is 3.60. The minimum atomic E-state index is -0.615. The zero-order valence-corrected chi connectivity index (χ0v) is 20.4. The molecule has 1 amide bonds. The van der Waals surface area contributed by atoms with E-state index >= 15 is 0 Å². The van der Waals surface area contributed by atoms with Gasteiger partial charge in [-0.15, -0.1) is 0 Å². The van der Waals surface area contributed by atoms with E-state index in [4.69, 9.17) is 21.3 Å². The van der Waals surface area contributed by atoms with E-state index in [9.17, 15) is 9.59 Å². The fourth-order valence-electron chi connectivity index (χ4n) is 3.86. The number of piperazine rings is 1. The Labute approximate surface area is 194 Å². The first-order chi connectivity index (χ1) is 15.0. The van der Waals surface area contributed by atoms with Gasteiger partial charge < -0.3 is 19.9 Å². The lowest BCUT2D eigenvalue weighted by Gasteiger charge is -2.32. The molecule has 0 radical (unpaired) electrons. The smallest absolute Gasteiger partial charge is 0.408 e. The molecule has 0 saturated carbocycles. The van der Waals surface area contributed by atoms with Crippen molar-refractivity contribution in [3.05, 3.63) is 39.4 Å². The molecule has 1 aliphatic heterocycles. The van der Waals surface area contributed by atoms with E-state index in [0.717, 1.165) is 39.1 Å². The predicted octanol–water partition coefficient (Wildman–Crippen LogP) is 3.27. The maximum Gasteiger partial charge on any atom is 0.408 e. The first-order valence-corrected chi connectivity index (χ1v) is 11.5. The minimum Gasteiger partial charge on any atom is -0.444 e. The average Bonchev–Trinajstić information content (AvgIpc) is 2.69. The van der Waals surface area contributed by atoms with E-state index in [1.807, 2.05) is 20.8 Å². The quantitative estimate of drug-likeness (QED) is 0.708. The van der Waals surface area contributed by atoms with Crippen LogP contribution in [0.3, 0.4) is 0 Å². The standard InChI is InChI=1S/C23H34ClN5O3/c1-16(25-22(31)32-23(2,3)4)20-26-18-9-6-8-17(24)19(18)21(30)29(20)11-7-10-28-14-12-27(5)13-15-28/h6,8-9,16H,7,10-15H2,1-5H3,(H,25,31)/t16-/m0/s1. The second-order valence-electron chi connectivity index (χ2n) is 9.43. The van der Waals surface area contributed by atoms with Gasteiger partial charge in [-0.05, 0) is 59.8 Å². The molecule has 2 aromatic rings. The zero-order valence-electron chi connectivity index (χ0n) is 19.7. The molecule has 0 spiro atoms. The number of benzene rings is 1. The third kappa shape index (κ3) is 6.21. The summed E-state index contributed by atoms with van der Waals surface area (Å²) < 4.78 is 7.02. The molecule has 176 valence electrons. The molecular weight excluding hydrogens is 430 g/mol. The largest absolute Gasteiger partial charge is 0.444 e. The summed E-state index contributed by atoms with van der Waals surface area (Å²) in [6, 6.07) is 4.72. The Morgan fingerprint density at radius 3 is 2.56 bits per heavy atom. The van der Waals surface area contributed by atoms with Crippen molar-refractivity contribution in [2.75, 3.05) is 39.8 Å². The number of nitrogens with zero attached hydrogens (tertiary/aromatic N) is 4. The lowest BCUT2D eigenvalue weighted by atomic mass is 10.2. The molecule has 0 aliphatic carbocycles. The summed E-state index contributed by atoms with van der Waals surface area (Å²) in [6.07, 6.45) is 0.252. The van der Waals surface area contributed by atoms with Crippen LogP contribution < -0.4 is 10.9 Å². The molecule has 1 N–H and O–H groups in total. The Kier molecular flexibility index (Phi) is 7.79. The molecular formula is C23H34ClN5O3. The maximum absolute atomic E-state index is 13.4. The summed E-state index contributed by atoms with van der Waals surface area (Å²) in [6.45, 7) is 12.8. The number of hydrogen-bond acceptors (Lipinski definition) is 6. The number of aromatic nitrogens is 2. The van der Waals surface area contributed by atoms with E-state index < -0.39 is 17.7 Å². The SMILES string of the molecule is C[C@H](NC(=O)OC(C)(C)C)c1nc2cccc(Cl)c2c(=O)n1CCCN1CCN(C)CC1. The van der Waals surface area contributed by atoms with Crippen LogP contribution in [0.5, 0.6) is 0 Å². The Bertz CT molecular complexity index is 1010. The maximum atomic E-state index is 13.4. The molecule has 0 unspecified atom stereocenters. The number of carbonyl (C=O) groups is 1. The molecule has 1 aromatic carbocycles. The van der Waals surface area contributed by atoms with Gasteiger partial charge in [-0.1, -0.05) is 17.7 Å². The van der Waals surface area contributed by atoms with Gasteiger partial charge in [0, 0.05) is 32.7 Å². The van der Waals surface area contributed by atoms with Gasteiger partial charge in [0.15, 0.2) is 0 Å². The van der Waals surface area contributed by atoms with Crippen molar-refractivity contribution in [3.8, 4) is 0 Å². The second kappa shape index (κ2) is 10.2. The fraction of sp³-hybridized carbons (Fsp3) is 0.609. The first-order valence-electron chi connectivity index (χ1n) is 11.1. The van der Waals surface area contributed by atoms with Crippen LogP contribution in [0, 0.1) is 0 Å². The van der Waals surface area contributed by atoms with Crippen molar-refractivity contribution >= 4 is 28.6 Å². The van der Waals surface area contributed by atoms with E-state index in [0.29, 0.717) is 28.3 Å². The van der Waals surface area contributed by atoms with Crippen LogP contribution in [0.25, 0.3) is 10.9 Å². The first kappa shape index (κ1) is 24.5. The number of carbonyl (C=O) groups excluding carboxylic acids is 1. The molecule has 32 heavy (non-hydrogen) atoms. The Hall–Kier alpha value is -2.16. The van der Waals surface area contributed by atoms with Crippen molar-refractivity contribution in [3.63, 3.8) is 0 Å². The fourth-order valence-corrected chi connectivity index (χ4v) is 4.11. The van der Waals surface area contributed by atoms with Gasteiger partial charge in [-0.3, -0.25) is 9.36 Å². The van der Waals surface area contributed by atoms with Crippen LogP contribution in [0.4, 0.5) is 4.79 Å². The molecule has 0 bridgehead atoms. The van der Waals surface area contributed by atoms with Gasteiger partial charge in [0.1, 0.15) is 11.4 Å². The highest BCUT2D eigenvalue weighted by molar-refractivity contribution is 6.35. The highest BCUT2D eigenvalue weighted by atomic mass is 35.5. The number of amides is 1. The summed E-state index contributed by atoms with van der Waals surface area (Å²) in [5.74, 6) is 0.494. The third-order valence-corrected chi connectivity index (χ3v) is 5.85. The molecule has 2 heterocycles. The van der Waals surface area contributed by atoms with Crippen LogP contribution in [0.15, 0.2) is 23.0 Å². The van der Waals surface area contributed by atoms with Crippen molar-refractivity contribution < 1.29 is 9.53 Å². The second-order valence-corrected chi connectivity index (χ2v) is 9.83. The van der Waals surface area contributed by atoms with Gasteiger partial charge in [0.2, 0.25) is 0 Å². The number of alkyl carbamates (subject to hydrolysis) is 1. The summed E-state index contributed by atoms with van der Waals surface area (Å²) >= 11 is 6.34. The Morgan fingerprint density at radius 1 is 1.22 bits per heavy atom. The number of halogens is 1. The summed E-state index contributed by atoms with van der Waals surface area (Å²) in [7, 11) is 2.13. The van der Waals surface area contributed by atoms with Crippen molar-refractivity contribution in [1.29, 1.82) is 0 Å². The topological polar surface area (TPSA) is 79.7 Å². The molecule has 1 aliphatic rings. The Balaban J connectivity index is 1.85. The van der Waals surface area contributed by atoms with Gasteiger partial charge in [-0.2, -0.15) is 0 Å². The van der Waals surface area contributed by atoms with E-state index in [1.165, 1.54) is 0 Å². The Morgan fingerprint density at radius 2 is 1.91 bits per heavy atom. The zero-order chi connectivity index (χ0) is 23.5. The third-order valence-electron chi connectivity index (χ3n) is 5.53. The van der Waals surface area contributed by atoms with Crippen LogP contribution in [0.2, 0.25) is 5.02 Å². The summed E-state index contributed by atoms with van der Waals surface area (Å²) in [5.41, 5.74) is -0.284. The van der Waals surface area contributed by atoms with Crippen LogP contribution in [0.1, 0.15) is 46.0 Å². The van der Waals surface area contributed by atoms with Gasteiger partial charge in [0.05, 0.1) is 22.0 Å². The number of ether oxygens (including phenoxy) is 1. The molecule has 1 aromatic heterocycles. The van der Waals surface area contributed by atoms with Gasteiger partial charge in [-0.25, -0.2) is 9.78 Å². The normalized spacial score (nSPS) is 16.8. The number of fused-ring (bicyclic) bond motifs is 1. The number of hydrogen-bond donors (Lipinski definition) is 1. The lowest BCUT2D eigenvalue weighted by Crippen LogP contribution is -2.45. The highest BCUT2D eigenvalue weighted by Crippen LogP contribution is 2.21. The number of likely N-dealkylation sites (N-methyl/N-ethyl adjacent to an activating group) is 1. The van der Waals surface area contributed by atoms with Gasteiger partial charge >= 0.3 is 6.09 Å². The van der Waals surface area contributed by atoms with Crippen LogP contribution in [-0.4, -0.2) is 70.8 Å².